The summed E-state index contributed by atoms with van der Waals surface area (Å²) in [7, 11) is 0. The fraction of sp³-hybridized carbons (Fsp3) is 0.750. The van der Waals surface area contributed by atoms with E-state index in [0.29, 0.717) is 5.41 Å². The summed E-state index contributed by atoms with van der Waals surface area (Å²) >= 11 is 0. The molecule has 0 aliphatic heterocycles. The molecule has 1 N–H and O–H groups in total. The van der Waals surface area contributed by atoms with Crippen LogP contribution in [-0.4, -0.2) is 25.2 Å². The number of unbranched alkanes of at least 4 members (excludes halogenated alkanes) is 13. The highest BCUT2D eigenvalue weighted by atomic mass is 16.5. The molecule has 1 unspecified atom stereocenters. The molecule has 1 rings (SSSR count). The van der Waals surface area contributed by atoms with Gasteiger partial charge < -0.3 is 10.1 Å². The zero-order valence-corrected chi connectivity index (χ0v) is 26.5. The maximum absolute atomic E-state index is 11.7. The van der Waals surface area contributed by atoms with Gasteiger partial charge in [-0.05, 0) is 48.2 Å². The Balaban J connectivity index is 1.83. The largest absolute Gasteiger partial charge is 0.381 e. The maximum atomic E-state index is 11.7. The summed E-state index contributed by atoms with van der Waals surface area (Å²) in [6, 6.07) is 11.2. The minimum Gasteiger partial charge on any atom is -0.381 e. The van der Waals surface area contributed by atoms with Crippen LogP contribution in [0.15, 0.2) is 43.0 Å². The first kappa shape index (κ1) is 35.4. The van der Waals surface area contributed by atoms with E-state index < -0.39 is 0 Å². The van der Waals surface area contributed by atoms with Gasteiger partial charge >= 0.3 is 0 Å². The van der Waals surface area contributed by atoms with E-state index in [1.54, 1.807) is 0 Å². The topological polar surface area (TPSA) is 38.3 Å². The van der Waals surface area contributed by atoms with Gasteiger partial charge in [0.25, 0.3) is 0 Å². The predicted molar refractivity (Wildman–Crippen MR) is 170 cm³/mol. The van der Waals surface area contributed by atoms with Crippen LogP contribution in [0.2, 0.25) is 0 Å². The number of hydrogen-bond donors (Lipinski definition) is 1. The third-order valence-corrected chi connectivity index (χ3v) is 8.22. The lowest BCUT2D eigenvalue weighted by atomic mass is 9.80. The fourth-order valence-corrected chi connectivity index (χ4v) is 5.36. The molecule has 3 heteroatoms. The summed E-state index contributed by atoms with van der Waals surface area (Å²) in [5.41, 5.74) is 1.85. The van der Waals surface area contributed by atoms with Gasteiger partial charge in [0.1, 0.15) is 0 Å². The number of nitrogens with one attached hydrogen (secondary N) is 1. The molecule has 0 aliphatic carbocycles. The summed E-state index contributed by atoms with van der Waals surface area (Å²) in [5, 5.41) is 3.10. The second-order valence-electron chi connectivity index (χ2n) is 13.3. The molecule has 0 spiro atoms. The highest BCUT2D eigenvalue weighted by molar-refractivity contribution is 5.87. The van der Waals surface area contributed by atoms with Gasteiger partial charge in [0, 0.05) is 19.3 Å². The van der Waals surface area contributed by atoms with Crippen LogP contribution in [0.4, 0.5) is 0 Å². The molecule has 0 saturated heterocycles. The Labute approximate surface area is 243 Å². The molecule has 1 aromatic carbocycles. The van der Waals surface area contributed by atoms with Gasteiger partial charge in [0.05, 0.1) is 0 Å². The third-order valence-electron chi connectivity index (χ3n) is 8.22. The van der Waals surface area contributed by atoms with Gasteiger partial charge in [-0.1, -0.05) is 155 Å². The van der Waals surface area contributed by atoms with Crippen LogP contribution < -0.4 is 5.32 Å². The van der Waals surface area contributed by atoms with Crippen molar-refractivity contribution in [2.45, 2.75) is 155 Å². The van der Waals surface area contributed by atoms with Crippen LogP contribution in [0.1, 0.15) is 149 Å². The van der Waals surface area contributed by atoms with Crippen LogP contribution in [0.5, 0.6) is 0 Å². The first-order valence-corrected chi connectivity index (χ1v) is 16.2. The summed E-state index contributed by atoms with van der Waals surface area (Å²) in [4.78, 5) is 11.7. The van der Waals surface area contributed by atoms with Crippen LogP contribution in [-0.2, 0) is 14.9 Å². The first-order chi connectivity index (χ1) is 18.7. The highest BCUT2D eigenvalue weighted by Crippen LogP contribution is 2.29. The predicted octanol–water partition coefficient (Wildman–Crippen LogP) is 10.3. The Bertz CT molecular complexity index is 734. The van der Waals surface area contributed by atoms with E-state index in [1.165, 1.54) is 114 Å². The lowest BCUT2D eigenvalue weighted by molar-refractivity contribution is -0.118. The lowest BCUT2D eigenvalue weighted by Gasteiger charge is -2.31. The Morgan fingerprint density at radius 2 is 1.21 bits per heavy atom. The molecule has 1 amide bonds. The van der Waals surface area contributed by atoms with Gasteiger partial charge in [0.15, 0.2) is 0 Å². The SMILES string of the molecule is C=CC(=O)NC(CCCCCCCCCCOCCCCCCCCCC(C)(C)c1ccccc1)C(C)(C)C. The molecule has 3 nitrogen and oxygen atoms in total. The van der Waals surface area contributed by atoms with E-state index in [4.69, 9.17) is 4.74 Å². The molecular weight excluding hydrogens is 478 g/mol. The van der Waals surface area contributed by atoms with E-state index in [1.807, 2.05) is 0 Å². The van der Waals surface area contributed by atoms with Crippen molar-refractivity contribution >= 4 is 5.91 Å². The van der Waals surface area contributed by atoms with E-state index >= 15 is 0 Å². The Hall–Kier alpha value is -1.61. The van der Waals surface area contributed by atoms with Crippen molar-refractivity contribution in [1.29, 1.82) is 0 Å². The smallest absolute Gasteiger partial charge is 0.243 e. The van der Waals surface area contributed by atoms with Gasteiger partial charge in [-0.3, -0.25) is 4.79 Å². The Morgan fingerprint density at radius 1 is 0.744 bits per heavy atom. The van der Waals surface area contributed by atoms with Crippen LogP contribution in [0, 0.1) is 5.41 Å². The molecule has 1 atom stereocenters. The van der Waals surface area contributed by atoms with Crippen molar-refractivity contribution in [2.24, 2.45) is 5.41 Å². The average molecular weight is 542 g/mol. The fourth-order valence-electron chi connectivity index (χ4n) is 5.36. The molecule has 0 fully saturated rings. The minimum absolute atomic E-state index is 0.0561. The molecule has 1 aromatic rings. The van der Waals surface area contributed by atoms with Crippen molar-refractivity contribution in [3.05, 3.63) is 48.6 Å². The Morgan fingerprint density at radius 3 is 1.69 bits per heavy atom. The standard InChI is InChI=1S/C36H63NO2/c1-7-34(38)37-33(35(2,3)4)28-22-15-11-8-9-13-17-24-30-39-31-25-18-14-10-12-16-23-29-36(5,6)32-26-20-19-21-27-32/h7,19-21,26-27,33H,1,8-18,22-25,28-31H2,2-6H3,(H,37,38). The highest BCUT2D eigenvalue weighted by Gasteiger charge is 2.25. The van der Waals surface area contributed by atoms with E-state index in [0.717, 1.165) is 19.6 Å². The quantitative estimate of drug-likeness (QED) is 0.104. The number of amides is 1. The van der Waals surface area contributed by atoms with Crippen molar-refractivity contribution < 1.29 is 9.53 Å². The number of hydrogen-bond acceptors (Lipinski definition) is 2. The first-order valence-electron chi connectivity index (χ1n) is 16.2. The zero-order valence-electron chi connectivity index (χ0n) is 26.5. The summed E-state index contributed by atoms with van der Waals surface area (Å²) in [6.07, 6.45) is 23.2. The number of ether oxygens (including phenoxy) is 1. The second kappa shape index (κ2) is 21.2. The number of carbonyl (C=O) groups excluding carboxylic acids is 1. The molecule has 0 aromatic heterocycles. The molecule has 0 saturated carbocycles. The van der Waals surface area contributed by atoms with Gasteiger partial charge in [-0.2, -0.15) is 0 Å². The molecule has 0 bridgehead atoms. The van der Waals surface area contributed by atoms with E-state index in [2.05, 4.69) is 76.8 Å². The number of carbonyl (C=O) groups is 1. The molecule has 0 aliphatic rings. The number of rotatable bonds is 24. The summed E-state index contributed by atoms with van der Waals surface area (Å²) in [5.74, 6) is -0.0561. The lowest BCUT2D eigenvalue weighted by Crippen LogP contribution is -2.42. The monoisotopic (exact) mass is 541 g/mol. The van der Waals surface area contributed by atoms with E-state index in [-0.39, 0.29) is 17.4 Å². The number of benzene rings is 1. The second-order valence-corrected chi connectivity index (χ2v) is 13.3. The normalized spacial score (nSPS) is 12.8. The molecule has 0 radical (unpaired) electrons. The summed E-state index contributed by atoms with van der Waals surface area (Å²) < 4.78 is 5.87. The van der Waals surface area contributed by atoms with Crippen LogP contribution >= 0.6 is 0 Å². The van der Waals surface area contributed by atoms with Crippen molar-refractivity contribution in [2.75, 3.05) is 13.2 Å². The van der Waals surface area contributed by atoms with Crippen LogP contribution in [0.25, 0.3) is 0 Å². The van der Waals surface area contributed by atoms with Gasteiger partial charge in [0.2, 0.25) is 5.91 Å². The molecular formula is C36H63NO2. The summed E-state index contributed by atoms with van der Waals surface area (Å²) in [6.45, 7) is 16.8. The van der Waals surface area contributed by atoms with Crippen molar-refractivity contribution in [3.8, 4) is 0 Å². The van der Waals surface area contributed by atoms with Crippen molar-refractivity contribution in [3.63, 3.8) is 0 Å². The molecule has 224 valence electrons. The zero-order chi connectivity index (χ0) is 28.8. The Kier molecular flexibility index (Phi) is 19.2. The van der Waals surface area contributed by atoms with Gasteiger partial charge in [-0.25, -0.2) is 0 Å². The third kappa shape index (κ3) is 18.4. The van der Waals surface area contributed by atoms with E-state index in [9.17, 15) is 4.79 Å². The van der Waals surface area contributed by atoms with Crippen molar-refractivity contribution in [1.82, 2.24) is 5.32 Å². The minimum atomic E-state index is -0.0561. The average Bonchev–Trinajstić information content (AvgIpc) is 2.91. The maximum Gasteiger partial charge on any atom is 0.243 e. The van der Waals surface area contributed by atoms with Gasteiger partial charge in [-0.15, -0.1) is 0 Å². The molecule has 39 heavy (non-hydrogen) atoms. The van der Waals surface area contributed by atoms with Crippen LogP contribution in [0.3, 0.4) is 0 Å². The molecule has 0 heterocycles.